The molecule has 0 aliphatic rings. The number of hydrogen-bond acceptors (Lipinski definition) is 5. The zero-order valence-corrected chi connectivity index (χ0v) is 15.8. The molecular weight excluding hydrogens is 356 g/mol. The fourth-order valence-electron chi connectivity index (χ4n) is 2.46. The molecule has 132 valence electrons. The Kier molecular flexibility index (Phi) is 5.36. The number of nitrogens with one attached hydrogen (secondary N) is 1. The minimum atomic E-state index is -3.51. The van der Waals surface area contributed by atoms with Gasteiger partial charge in [-0.05, 0) is 42.5 Å². The lowest BCUT2D eigenvalue weighted by molar-refractivity contribution is 0.539. The molecule has 0 saturated carbocycles. The van der Waals surface area contributed by atoms with E-state index < -0.39 is 10.0 Å². The van der Waals surface area contributed by atoms with E-state index in [1.807, 2.05) is 43.5 Å². The summed E-state index contributed by atoms with van der Waals surface area (Å²) < 4.78 is 33.0. The summed E-state index contributed by atoms with van der Waals surface area (Å²) in [5, 5.41) is 1.96. The molecule has 0 saturated heterocycles. The van der Waals surface area contributed by atoms with Crippen molar-refractivity contribution in [2.75, 3.05) is 6.54 Å². The summed E-state index contributed by atoms with van der Waals surface area (Å²) in [7, 11) is -3.51. The van der Waals surface area contributed by atoms with Crippen molar-refractivity contribution in [3.63, 3.8) is 0 Å². The van der Waals surface area contributed by atoms with Gasteiger partial charge in [-0.15, -0.1) is 11.3 Å². The van der Waals surface area contributed by atoms with Crippen molar-refractivity contribution >= 4 is 21.4 Å². The SMILES string of the molecule is CCc1ccc(S(=O)(=O)NCCc2nc(-c3cccs3)oc2C)cc1. The maximum absolute atomic E-state index is 12.3. The standard InChI is InChI=1S/C18H20N2O3S2/c1-3-14-6-8-15(9-7-14)25(21,22)19-11-10-16-13(2)23-18(20-16)17-5-4-12-24-17/h4-9,12,19H,3,10-11H2,1-2H3. The molecule has 0 amide bonds. The van der Waals surface area contributed by atoms with E-state index in [2.05, 4.69) is 9.71 Å². The van der Waals surface area contributed by atoms with Crippen molar-refractivity contribution in [1.29, 1.82) is 0 Å². The summed E-state index contributed by atoms with van der Waals surface area (Å²) in [4.78, 5) is 5.72. The third-order valence-electron chi connectivity index (χ3n) is 3.92. The highest BCUT2D eigenvalue weighted by Gasteiger charge is 2.16. The van der Waals surface area contributed by atoms with E-state index in [0.29, 0.717) is 12.3 Å². The maximum Gasteiger partial charge on any atom is 0.240 e. The van der Waals surface area contributed by atoms with Gasteiger partial charge in [0.15, 0.2) is 0 Å². The van der Waals surface area contributed by atoms with E-state index in [4.69, 9.17) is 4.42 Å². The van der Waals surface area contributed by atoms with Crippen LogP contribution in [0.2, 0.25) is 0 Å². The summed E-state index contributed by atoms with van der Waals surface area (Å²) in [5.41, 5.74) is 1.88. The van der Waals surface area contributed by atoms with Crippen LogP contribution in [-0.2, 0) is 22.9 Å². The Labute approximate surface area is 151 Å². The Balaban J connectivity index is 1.64. The molecular formula is C18H20N2O3S2. The second-order valence-corrected chi connectivity index (χ2v) is 8.36. The van der Waals surface area contributed by atoms with Crippen LogP contribution in [0.25, 0.3) is 10.8 Å². The fourth-order valence-corrected chi connectivity index (χ4v) is 4.14. The minimum Gasteiger partial charge on any atom is -0.440 e. The summed E-state index contributed by atoms with van der Waals surface area (Å²) >= 11 is 1.56. The van der Waals surface area contributed by atoms with E-state index in [-0.39, 0.29) is 11.4 Å². The van der Waals surface area contributed by atoms with E-state index in [9.17, 15) is 8.42 Å². The number of sulfonamides is 1. The first-order chi connectivity index (χ1) is 12.0. The van der Waals surface area contributed by atoms with Gasteiger partial charge in [0.25, 0.3) is 0 Å². The fraction of sp³-hybridized carbons (Fsp3) is 0.278. The van der Waals surface area contributed by atoms with Gasteiger partial charge in [-0.1, -0.05) is 25.1 Å². The summed E-state index contributed by atoms with van der Waals surface area (Å²) in [6.07, 6.45) is 1.36. The lowest BCUT2D eigenvalue weighted by Gasteiger charge is -2.06. The van der Waals surface area contributed by atoms with Crippen molar-refractivity contribution in [2.45, 2.75) is 31.6 Å². The van der Waals surface area contributed by atoms with E-state index in [1.54, 1.807) is 23.5 Å². The molecule has 0 fully saturated rings. The zero-order chi connectivity index (χ0) is 17.9. The second-order valence-electron chi connectivity index (χ2n) is 5.64. The number of hydrogen-bond donors (Lipinski definition) is 1. The van der Waals surface area contributed by atoms with Gasteiger partial charge in [0.1, 0.15) is 5.76 Å². The smallest absolute Gasteiger partial charge is 0.240 e. The molecule has 1 N–H and O–H groups in total. The van der Waals surface area contributed by atoms with Gasteiger partial charge in [-0.25, -0.2) is 18.1 Å². The highest BCUT2D eigenvalue weighted by Crippen LogP contribution is 2.26. The van der Waals surface area contributed by atoms with Crippen molar-refractivity contribution in [3.8, 4) is 10.8 Å². The molecule has 0 aliphatic heterocycles. The van der Waals surface area contributed by atoms with Crippen LogP contribution in [0.15, 0.2) is 51.1 Å². The molecule has 0 spiro atoms. The van der Waals surface area contributed by atoms with Crippen LogP contribution >= 0.6 is 11.3 Å². The second kappa shape index (κ2) is 7.51. The average Bonchev–Trinajstić information content (AvgIpc) is 3.25. The normalized spacial score (nSPS) is 11.8. The lowest BCUT2D eigenvalue weighted by Crippen LogP contribution is -2.26. The molecule has 2 aromatic heterocycles. The van der Waals surface area contributed by atoms with Gasteiger partial charge in [-0.2, -0.15) is 0 Å². The first-order valence-electron chi connectivity index (χ1n) is 8.08. The summed E-state index contributed by atoms with van der Waals surface area (Å²) in [6, 6.07) is 10.8. The molecule has 3 rings (SSSR count). The molecule has 1 aromatic carbocycles. The molecule has 2 heterocycles. The number of aryl methyl sites for hydroxylation is 2. The lowest BCUT2D eigenvalue weighted by atomic mass is 10.2. The topological polar surface area (TPSA) is 72.2 Å². The number of oxazole rings is 1. The molecule has 5 nitrogen and oxygen atoms in total. The van der Waals surface area contributed by atoms with Crippen LogP contribution in [-0.4, -0.2) is 19.9 Å². The molecule has 0 aliphatic carbocycles. The third-order valence-corrected chi connectivity index (χ3v) is 6.26. The predicted octanol–water partition coefficient (Wildman–Crippen LogP) is 3.79. The quantitative estimate of drug-likeness (QED) is 0.681. The Morgan fingerprint density at radius 3 is 2.60 bits per heavy atom. The first-order valence-corrected chi connectivity index (χ1v) is 10.4. The number of thiophene rings is 1. The molecule has 0 unspecified atom stereocenters. The van der Waals surface area contributed by atoms with E-state index in [0.717, 1.165) is 28.3 Å². The van der Waals surface area contributed by atoms with Gasteiger partial charge < -0.3 is 4.42 Å². The Morgan fingerprint density at radius 2 is 1.96 bits per heavy atom. The molecule has 0 bridgehead atoms. The predicted molar refractivity (Wildman–Crippen MR) is 99.3 cm³/mol. The van der Waals surface area contributed by atoms with Gasteiger partial charge in [-0.3, -0.25) is 0 Å². The van der Waals surface area contributed by atoms with Crippen LogP contribution in [0.3, 0.4) is 0 Å². The zero-order valence-electron chi connectivity index (χ0n) is 14.2. The first kappa shape index (κ1) is 17.8. The van der Waals surface area contributed by atoms with E-state index >= 15 is 0 Å². The van der Waals surface area contributed by atoms with Gasteiger partial charge >= 0.3 is 0 Å². The molecule has 0 atom stereocenters. The monoisotopic (exact) mass is 376 g/mol. The molecule has 0 radical (unpaired) electrons. The van der Waals surface area contributed by atoms with Gasteiger partial charge in [0.05, 0.1) is 15.5 Å². The van der Waals surface area contributed by atoms with Crippen LogP contribution in [0.5, 0.6) is 0 Å². The third kappa shape index (κ3) is 4.18. The largest absolute Gasteiger partial charge is 0.440 e. The van der Waals surface area contributed by atoms with Crippen molar-refractivity contribution in [2.24, 2.45) is 0 Å². The van der Waals surface area contributed by atoms with Crippen LogP contribution in [0.1, 0.15) is 23.9 Å². The summed E-state index contributed by atoms with van der Waals surface area (Å²) in [6.45, 7) is 4.15. The molecule has 7 heteroatoms. The highest BCUT2D eigenvalue weighted by molar-refractivity contribution is 7.89. The Morgan fingerprint density at radius 1 is 1.20 bits per heavy atom. The minimum absolute atomic E-state index is 0.273. The van der Waals surface area contributed by atoms with Crippen LogP contribution in [0.4, 0.5) is 0 Å². The number of nitrogens with zero attached hydrogens (tertiary/aromatic N) is 1. The van der Waals surface area contributed by atoms with E-state index in [1.165, 1.54) is 0 Å². The van der Waals surface area contributed by atoms with Gasteiger partial charge in [0, 0.05) is 13.0 Å². The van der Waals surface area contributed by atoms with Crippen molar-refractivity contribution in [1.82, 2.24) is 9.71 Å². The average molecular weight is 377 g/mol. The van der Waals surface area contributed by atoms with Crippen LogP contribution < -0.4 is 4.72 Å². The Hall–Kier alpha value is -1.96. The summed E-state index contributed by atoms with van der Waals surface area (Å²) in [5.74, 6) is 1.30. The maximum atomic E-state index is 12.3. The Bertz CT molecular complexity index is 927. The molecule has 3 aromatic rings. The van der Waals surface area contributed by atoms with Crippen molar-refractivity contribution in [3.05, 3.63) is 58.8 Å². The van der Waals surface area contributed by atoms with Gasteiger partial charge in [0.2, 0.25) is 15.9 Å². The van der Waals surface area contributed by atoms with Crippen LogP contribution in [0, 0.1) is 6.92 Å². The number of rotatable bonds is 7. The molecule has 25 heavy (non-hydrogen) atoms. The highest BCUT2D eigenvalue weighted by atomic mass is 32.2. The van der Waals surface area contributed by atoms with Crippen molar-refractivity contribution < 1.29 is 12.8 Å². The number of aromatic nitrogens is 1. The number of benzene rings is 1.